The minimum atomic E-state index is -0.305. The zero-order valence-electron chi connectivity index (χ0n) is 8.75. The number of carbonyl (C=O) groups is 1. The van der Waals surface area contributed by atoms with E-state index in [9.17, 15) is 9.18 Å². The Morgan fingerprint density at radius 2 is 1.50 bits per heavy atom. The number of aryl methyl sites for hydroxylation is 1. The molecular weight excluding hydrogens is 203 g/mol. The van der Waals surface area contributed by atoms with Crippen molar-refractivity contribution in [2.75, 3.05) is 0 Å². The summed E-state index contributed by atoms with van der Waals surface area (Å²) in [6.07, 6.45) is 0. The normalized spacial score (nSPS) is 12.5. The van der Waals surface area contributed by atoms with Crippen LogP contribution in [0.3, 0.4) is 0 Å². The summed E-state index contributed by atoms with van der Waals surface area (Å²) >= 11 is 0. The number of halogens is 1. The predicted octanol–water partition coefficient (Wildman–Crippen LogP) is 3.35. The predicted molar refractivity (Wildman–Crippen MR) is 60.0 cm³/mol. The van der Waals surface area contributed by atoms with E-state index >= 15 is 0 Å². The highest BCUT2D eigenvalue weighted by Crippen LogP contribution is 2.37. The molecule has 0 unspecified atom stereocenters. The van der Waals surface area contributed by atoms with Gasteiger partial charge in [0.2, 0.25) is 0 Å². The van der Waals surface area contributed by atoms with Gasteiger partial charge in [0, 0.05) is 11.1 Å². The van der Waals surface area contributed by atoms with E-state index in [1.165, 1.54) is 12.1 Å². The van der Waals surface area contributed by atoms with Gasteiger partial charge >= 0.3 is 0 Å². The molecule has 0 fully saturated rings. The molecule has 0 atom stereocenters. The van der Waals surface area contributed by atoms with Crippen molar-refractivity contribution in [1.29, 1.82) is 0 Å². The van der Waals surface area contributed by atoms with E-state index in [1.54, 1.807) is 6.07 Å². The first-order valence-corrected chi connectivity index (χ1v) is 5.12. The van der Waals surface area contributed by atoms with E-state index in [0.29, 0.717) is 16.7 Å². The zero-order chi connectivity index (χ0) is 11.3. The van der Waals surface area contributed by atoms with Gasteiger partial charge in [-0.25, -0.2) is 4.39 Å². The van der Waals surface area contributed by atoms with E-state index in [4.69, 9.17) is 0 Å². The SMILES string of the molecule is Cc1ccc2c(c1)-c1cc(F)ccc1C2=O. The summed E-state index contributed by atoms with van der Waals surface area (Å²) in [6, 6.07) is 9.96. The fraction of sp³-hybridized carbons (Fsp3) is 0.0714. The van der Waals surface area contributed by atoms with Crippen molar-refractivity contribution in [3.63, 3.8) is 0 Å². The lowest BCUT2D eigenvalue weighted by molar-refractivity contribution is 0.104. The third kappa shape index (κ3) is 1.13. The van der Waals surface area contributed by atoms with Gasteiger partial charge in [0.1, 0.15) is 5.82 Å². The molecule has 78 valence electrons. The maximum absolute atomic E-state index is 13.2. The molecule has 0 aliphatic heterocycles. The maximum Gasteiger partial charge on any atom is 0.194 e. The lowest BCUT2D eigenvalue weighted by Crippen LogP contribution is -1.94. The van der Waals surface area contributed by atoms with Gasteiger partial charge in [0.15, 0.2) is 5.78 Å². The molecule has 1 nitrogen and oxygen atoms in total. The molecule has 0 radical (unpaired) electrons. The van der Waals surface area contributed by atoms with Crippen LogP contribution >= 0.6 is 0 Å². The second kappa shape index (κ2) is 3.01. The van der Waals surface area contributed by atoms with Gasteiger partial charge in [-0.3, -0.25) is 4.79 Å². The molecule has 2 heteroatoms. The quantitative estimate of drug-likeness (QED) is 0.558. The van der Waals surface area contributed by atoms with E-state index in [0.717, 1.165) is 11.1 Å². The van der Waals surface area contributed by atoms with Crippen LogP contribution < -0.4 is 0 Å². The topological polar surface area (TPSA) is 17.1 Å². The summed E-state index contributed by atoms with van der Waals surface area (Å²) in [6.45, 7) is 1.96. The first-order chi connectivity index (χ1) is 7.66. The second-order valence-electron chi connectivity index (χ2n) is 4.07. The maximum atomic E-state index is 13.2. The summed E-state index contributed by atoms with van der Waals surface area (Å²) in [5.74, 6) is -0.314. The van der Waals surface area contributed by atoms with Crippen molar-refractivity contribution < 1.29 is 9.18 Å². The van der Waals surface area contributed by atoms with Crippen LogP contribution in [0.15, 0.2) is 36.4 Å². The summed E-state index contributed by atoms with van der Waals surface area (Å²) in [4.78, 5) is 12.0. The monoisotopic (exact) mass is 212 g/mol. The van der Waals surface area contributed by atoms with Gasteiger partial charge in [-0.2, -0.15) is 0 Å². The molecule has 0 spiro atoms. The number of carbonyl (C=O) groups excluding carboxylic acids is 1. The third-order valence-electron chi connectivity index (χ3n) is 2.94. The van der Waals surface area contributed by atoms with E-state index in [2.05, 4.69) is 0 Å². The van der Waals surface area contributed by atoms with Crippen molar-refractivity contribution in [3.8, 4) is 11.1 Å². The molecule has 2 aromatic rings. The van der Waals surface area contributed by atoms with Gasteiger partial charge in [-0.05, 0) is 36.2 Å². The molecule has 3 rings (SSSR count). The van der Waals surface area contributed by atoms with Crippen LogP contribution in [0.25, 0.3) is 11.1 Å². The summed E-state index contributed by atoms with van der Waals surface area (Å²) in [5.41, 5.74) is 3.90. The summed E-state index contributed by atoms with van der Waals surface area (Å²) in [5, 5.41) is 0. The van der Waals surface area contributed by atoms with Crippen LogP contribution in [0.1, 0.15) is 21.5 Å². The Hall–Kier alpha value is -1.96. The van der Waals surface area contributed by atoms with E-state index in [-0.39, 0.29) is 11.6 Å². The largest absolute Gasteiger partial charge is 0.289 e. The lowest BCUT2D eigenvalue weighted by atomic mass is 10.0. The van der Waals surface area contributed by atoms with Crippen LogP contribution in [0, 0.1) is 12.7 Å². The molecule has 0 saturated carbocycles. The first kappa shape index (κ1) is 9.28. The van der Waals surface area contributed by atoms with Crippen molar-refractivity contribution >= 4 is 5.78 Å². The smallest absolute Gasteiger partial charge is 0.194 e. The van der Waals surface area contributed by atoms with Crippen LogP contribution in [-0.4, -0.2) is 5.78 Å². The first-order valence-electron chi connectivity index (χ1n) is 5.12. The fourth-order valence-electron chi connectivity index (χ4n) is 2.16. The summed E-state index contributed by atoms with van der Waals surface area (Å²) < 4.78 is 13.2. The highest BCUT2D eigenvalue weighted by Gasteiger charge is 2.26. The Bertz CT molecular complexity index is 561. The minimum Gasteiger partial charge on any atom is -0.289 e. The Morgan fingerprint density at radius 1 is 0.875 bits per heavy atom. The van der Waals surface area contributed by atoms with Crippen molar-refractivity contribution in [2.24, 2.45) is 0 Å². The number of rotatable bonds is 0. The number of ketones is 1. The average Bonchev–Trinajstić information content (AvgIpc) is 2.52. The molecule has 0 N–H and O–H groups in total. The standard InChI is InChI=1S/C14H9FO/c1-8-2-4-10-12(6-8)13-7-9(15)3-5-11(13)14(10)16/h2-7H,1H3. The highest BCUT2D eigenvalue weighted by atomic mass is 19.1. The minimum absolute atomic E-state index is 0.00926. The molecule has 0 bridgehead atoms. The van der Waals surface area contributed by atoms with Gasteiger partial charge in [-0.15, -0.1) is 0 Å². The summed E-state index contributed by atoms with van der Waals surface area (Å²) in [7, 11) is 0. The molecule has 0 aromatic heterocycles. The molecule has 1 aliphatic rings. The molecule has 0 amide bonds. The van der Waals surface area contributed by atoms with Gasteiger partial charge in [-0.1, -0.05) is 23.8 Å². The van der Waals surface area contributed by atoms with Crippen molar-refractivity contribution in [3.05, 3.63) is 58.9 Å². The second-order valence-corrected chi connectivity index (χ2v) is 4.07. The van der Waals surface area contributed by atoms with Crippen molar-refractivity contribution in [2.45, 2.75) is 6.92 Å². The zero-order valence-corrected chi connectivity index (χ0v) is 8.75. The van der Waals surface area contributed by atoms with Crippen LogP contribution in [0.5, 0.6) is 0 Å². The molecule has 2 aromatic carbocycles. The highest BCUT2D eigenvalue weighted by molar-refractivity contribution is 6.21. The van der Waals surface area contributed by atoms with Gasteiger partial charge in [0.05, 0.1) is 0 Å². The van der Waals surface area contributed by atoms with E-state index < -0.39 is 0 Å². The van der Waals surface area contributed by atoms with Crippen LogP contribution in [0.2, 0.25) is 0 Å². The Morgan fingerprint density at radius 3 is 2.25 bits per heavy atom. The number of hydrogen-bond acceptors (Lipinski definition) is 1. The third-order valence-corrected chi connectivity index (χ3v) is 2.94. The van der Waals surface area contributed by atoms with Gasteiger partial charge < -0.3 is 0 Å². The van der Waals surface area contributed by atoms with Crippen LogP contribution in [0.4, 0.5) is 4.39 Å². The lowest BCUT2D eigenvalue weighted by Gasteiger charge is -2.00. The number of hydrogen-bond donors (Lipinski definition) is 0. The van der Waals surface area contributed by atoms with Crippen molar-refractivity contribution in [1.82, 2.24) is 0 Å². The molecular formula is C14H9FO. The van der Waals surface area contributed by atoms with Gasteiger partial charge in [0.25, 0.3) is 0 Å². The molecule has 16 heavy (non-hydrogen) atoms. The fourth-order valence-corrected chi connectivity index (χ4v) is 2.16. The number of fused-ring (bicyclic) bond motifs is 3. The Balaban J connectivity index is 2.37. The van der Waals surface area contributed by atoms with Crippen LogP contribution in [-0.2, 0) is 0 Å². The molecule has 0 saturated heterocycles. The Kier molecular flexibility index (Phi) is 1.75. The van der Waals surface area contributed by atoms with E-state index in [1.807, 2.05) is 25.1 Å². The average molecular weight is 212 g/mol. The number of benzene rings is 2. The Labute approximate surface area is 92.5 Å². The molecule has 0 heterocycles. The molecule has 1 aliphatic carbocycles.